The number of aromatic nitrogens is 3. The van der Waals surface area contributed by atoms with Crippen molar-refractivity contribution in [2.24, 2.45) is 0 Å². The Labute approximate surface area is 282 Å². The summed E-state index contributed by atoms with van der Waals surface area (Å²) in [6, 6.07) is 57.0. The molecule has 8 aromatic carbocycles. The number of nitrogens with zero attached hydrogens (tertiary/aromatic N) is 3. The van der Waals surface area contributed by atoms with Gasteiger partial charge in [0.05, 0.1) is 0 Å². The fourth-order valence-electron chi connectivity index (χ4n) is 7.07. The van der Waals surface area contributed by atoms with Crippen LogP contribution in [0.2, 0.25) is 0 Å². The van der Waals surface area contributed by atoms with Crippen LogP contribution in [0.15, 0.2) is 168 Å². The van der Waals surface area contributed by atoms with Crippen LogP contribution < -0.4 is 0 Å². The van der Waals surface area contributed by atoms with Crippen molar-refractivity contribution in [3.05, 3.63) is 164 Å². The van der Waals surface area contributed by atoms with Crippen molar-refractivity contribution < 1.29 is 4.42 Å². The van der Waals surface area contributed by atoms with Crippen LogP contribution in [0.1, 0.15) is 0 Å². The van der Waals surface area contributed by atoms with E-state index in [0.717, 1.165) is 60.4 Å². The molecule has 0 saturated heterocycles. The maximum absolute atomic E-state index is 6.64. The number of rotatable bonds is 4. The van der Waals surface area contributed by atoms with Gasteiger partial charge in [0.25, 0.3) is 0 Å². The van der Waals surface area contributed by atoms with Crippen molar-refractivity contribution in [2.75, 3.05) is 0 Å². The van der Waals surface area contributed by atoms with E-state index in [1.807, 2.05) is 0 Å². The molecule has 10 aromatic rings. The lowest BCUT2D eigenvalue weighted by molar-refractivity contribution is 0.669. The third-order valence-corrected chi connectivity index (χ3v) is 9.46. The molecular weight excluding hydrogens is 599 g/mol. The summed E-state index contributed by atoms with van der Waals surface area (Å²) in [4.78, 5) is 15.2. The molecule has 0 spiro atoms. The van der Waals surface area contributed by atoms with Crippen LogP contribution in [0.3, 0.4) is 0 Å². The van der Waals surface area contributed by atoms with Gasteiger partial charge in [-0.3, -0.25) is 0 Å². The monoisotopic (exact) mass is 625 g/mol. The summed E-state index contributed by atoms with van der Waals surface area (Å²) in [7, 11) is 0. The minimum absolute atomic E-state index is 0.595. The van der Waals surface area contributed by atoms with Crippen LogP contribution in [0.25, 0.3) is 99.5 Å². The van der Waals surface area contributed by atoms with Gasteiger partial charge >= 0.3 is 0 Å². The molecule has 10 rings (SSSR count). The van der Waals surface area contributed by atoms with Crippen molar-refractivity contribution >= 4 is 54.3 Å². The Balaban J connectivity index is 1.19. The van der Waals surface area contributed by atoms with E-state index in [2.05, 4.69) is 164 Å². The standard InChI is InChI=1S/C45H27N3O/c1-2-12-30(13-3-1)41-37-17-9-8-16-33(37)26-40-42(41)38-23-22-36(27-39(38)49-40)45-47-43(34-20-18-28-10-4-6-14-31(28)24-34)46-44(48-45)35-21-19-29-11-5-7-15-32(29)25-35/h1-27H. The van der Waals surface area contributed by atoms with Gasteiger partial charge in [-0.05, 0) is 68.2 Å². The Morgan fingerprint density at radius 3 is 1.47 bits per heavy atom. The fourth-order valence-corrected chi connectivity index (χ4v) is 7.07. The van der Waals surface area contributed by atoms with Crippen LogP contribution in [0, 0.1) is 0 Å². The van der Waals surface area contributed by atoms with Gasteiger partial charge < -0.3 is 4.42 Å². The van der Waals surface area contributed by atoms with E-state index < -0.39 is 0 Å². The molecule has 2 heterocycles. The summed E-state index contributed by atoms with van der Waals surface area (Å²) >= 11 is 0. The highest BCUT2D eigenvalue weighted by Gasteiger charge is 2.19. The molecular formula is C45H27N3O. The minimum Gasteiger partial charge on any atom is -0.456 e. The van der Waals surface area contributed by atoms with Crippen LogP contribution in [0.4, 0.5) is 0 Å². The first-order valence-electron chi connectivity index (χ1n) is 16.4. The van der Waals surface area contributed by atoms with Gasteiger partial charge in [0, 0.05) is 33.0 Å². The molecule has 2 aromatic heterocycles. The Morgan fingerprint density at radius 1 is 0.327 bits per heavy atom. The first kappa shape index (κ1) is 27.5. The van der Waals surface area contributed by atoms with E-state index in [-0.39, 0.29) is 0 Å². The topological polar surface area (TPSA) is 51.8 Å². The summed E-state index contributed by atoms with van der Waals surface area (Å²) < 4.78 is 6.64. The van der Waals surface area contributed by atoms with Gasteiger partial charge in [-0.15, -0.1) is 0 Å². The molecule has 0 N–H and O–H groups in total. The molecule has 228 valence electrons. The molecule has 0 amide bonds. The molecule has 0 radical (unpaired) electrons. The largest absolute Gasteiger partial charge is 0.456 e. The highest BCUT2D eigenvalue weighted by molar-refractivity contribution is 6.20. The lowest BCUT2D eigenvalue weighted by Crippen LogP contribution is -2.00. The maximum atomic E-state index is 6.64. The van der Waals surface area contributed by atoms with Crippen molar-refractivity contribution in [3.63, 3.8) is 0 Å². The molecule has 0 bridgehead atoms. The molecule has 0 aliphatic rings. The van der Waals surface area contributed by atoms with E-state index in [4.69, 9.17) is 19.4 Å². The Morgan fingerprint density at radius 2 is 0.837 bits per heavy atom. The highest BCUT2D eigenvalue weighted by Crippen LogP contribution is 2.42. The molecule has 0 atom stereocenters. The number of benzene rings is 8. The number of hydrogen-bond acceptors (Lipinski definition) is 4. The molecule has 4 nitrogen and oxygen atoms in total. The first-order valence-corrected chi connectivity index (χ1v) is 16.4. The molecule has 0 aliphatic carbocycles. The minimum atomic E-state index is 0.595. The number of fused-ring (bicyclic) bond motifs is 6. The summed E-state index contributed by atoms with van der Waals surface area (Å²) in [5, 5.41) is 9.13. The Kier molecular flexibility index (Phi) is 6.15. The third kappa shape index (κ3) is 4.65. The SMILES string of the molecule is c1ccc(-c2c3ccccc3cc3oc4cc(-c5nc(-c6ccc7ccccc7c6)nc(-c6ccc7ccccc7c6)n5)ccc4c23)cc1. The third-order valence-electron chi connectivity index (χ3n) is 9.46. The van der Waals surface area contributed by atoms with E-state index in [0.29, 0.717) is 17.5 Å². The lowest BCUT2D eigenvalue weighted by Gasteiger charge is -2.10. The van der Waals surface area contributed by atoms with Gasteiger partial charge in [0.15, 0.2) is 17.5 Å². The van der Waals surface area contributed by atoms with Crippen molar-refractivity contribution in [3.8, 4) is 45.3 Å². The van der Waals surface area contributed by atoms with Crippen molar-refractivity contribution in [2.45, 2.75) is 0 Å². The van der Waals surface area contributed by atoms with Gasteiger partial charge in [-0.2, -0.15) is 0 Å². The number of hydrogen-bond donors (Lipinski definition) is 0. The summed E-state index contributed by atoms with van der Waals surface area (Å²) in [6.45, 7) is 0. The van der Waals surface area contributed by atoms with E-state index in [1.54, 1.807) is 0 Å². The average Bonchev–Trinajstić information content (AvgIpc) is 3.54. The second-order valence-electron chi connectivity index (χ2n) is 12.5. The molecule has 4 heteroatoms. The van der Waals surface area contributed by atoms with E-state index >= 15 is 0 Å². The quantitative estimate of drug-likeness (QED) is 0.195. The predicted molar refractivity (Wildman–Crippen MR) is 201 cm³/mol. The van der Waals surface area contributed by atoms with Crippen molar-refractivity contribution in [1.29, 1.82) is 0 Å². The lowest BCUT2D eigenvalue weighted by atomic mass is 9.93. The second kappa shape index (κ2) is 11.0. The normalized spacial score (nSPS) is 11.7. The average molecular weight is 626 g/mol. The zero-order chi connectivity index (χ0) is 32.3. The van der Waals surface area contributed by atoms with E-state index in [9.17, 15) is 0 Å². The molecule has 0 fully saturated rings. The van der Waals surface area contributed by atoms with Crippen LogP contribution in [-0.4, -0.2) is 15.0 Å². The van der Waals surface area contributed by atoms with Gasteiger partial charge in [-0.25, -0.2) is 15.0 Å². The van der Waals surface area contributed by atoms with E-state index in [1.165, 1.54) is 21.7 Å². The first-order chi connectivity index (χ1) is 24.2. The zero-order valence-electron chi connectivity index (χ0n) is 26.3. The summed E-state index contributed by atoms with van der Waals surface area (Å²) in [5.41, 5.74) is 6.73. The maximum Gasteiger partial charge on any atom is 0.164 e. The summed E-state index contributed by atoms with van der Waals surface area (Å²) in [5.74, 6) is 1.85. The van der Waals surface area contributed by atoms with Crippen LogP contribution >= 0.6 is 0 Å². The molecule has 0 aliphatic heterocycles. The van der Waals surface area contributed by atoms with Crippen LogP contribution in [0.5, 0.6) is 0 Å². The van der Waals surface area contributed by atoms with Crippen LogP contribution in [-0.2, 0) is 0 Å². The Hall–Kier alpha value is -6.65. The Bertz CT molecular complexity index is 2790. The van der Waals surface area contributed by atoms with Gasteiger partial charge in [-0.1, -0.05) is 133 Å². The smallest absolute Gasteiger partial charge is 0.164 e. The fraction of sp³-hybridized carbons (Fsp3) is 0. The highest BCUT2D eigenvalue weighted by atomic mass is 16.3. The summed E-state index contributed by atoms with van der Waals surface area (Å²) in [6.07, 6.45) is 0. The molecule has 0 saturated carbocycles. The second-order valence-corrected chi connectivity index (χ2v) is 12.5. The van der Waals surface area contributed by atoms with Crippen molar-refractivity contribution in [1.82, 2.24) is 15.0 Å². The zero-order valence-corrected chi connectivity index (χ0v) is 26.3. The van der Waals surface area contributed by atoms with Gasteiger partial charge in [0.1, 0.15) is 11.2 Å². The molecule has 0 unspecified atom stereocenters. The van der Waals surface area contributed by atoms with Gasteiger partial charge in [0.2, 0.25) is 0 Å². The molecule has 49 heavy (non-hydrogen) atoms. The number of furan rings is 1. The predicted octanol–water partition coefficient (Wildman–Crippen LogP) is 11.9.